The summed E-state index contributed by atoms with van der Waals surface area (Å²) in [6.07, 6.45) is 0.332. The molecule has 2 aromatic rings. The predicted octanol–water partition coefficient (Wildman–Crippen LogP) is 1.55. The van der Waals surface area contributed by atoms with Crippen molar-refractivity contribution in [3.05, 3.63) is 37.5 Å². The van der Waals surface area contributed by atoms with Crippen LogP contribution in [0.3, 0.4) is 0 Å². The molecule has 2 aromatic heterocycles. The largest absolute Gasteiger partial charge is 0.494 e. The highest BCUT2D eigenvalue weighted by molar-refractivity contribution is 7.12. The zero-order valence-corrected chi connectivity index (χ0v) is 12.7. The van der Waals surface area contributed by atoms with Crippen LogP contribution < -0.4 is 11.2 Å². The van der Waals surface area contributed by atoms with Crippen LogP contribution in [0.1, 0.15) is 39.0 Å². The maximum Gasteiger partial charge on any atom is 0.337 e. The van der Waals surface area contributed by atoms with Crippen LogP contribution in [0.25, 0.3) is 5.13 Å². The van der Waals surface area contributed by atoms with Crippen LogP contribution in [0.4, 0.5) is 0 Å². The molecule has 2 rings (SSSR count). The van der Waals surface area contributed by atoms with Crippen LogP contribution in [0.2, 0.25) is 0 Å². The van der Waals surface area contributed by atoms with Crippen LogP contribution in [-0.4, -0.2) is 19.6 Å². The molecule has 0 saturated carbocycles. The maximum atomic E-state index is 11.9. The molecule has 0 aliphatic heterocycles. The Morgan fingerprint density at radius 2 is 2.05 bits per heavy atom. The van der Waals surface area contributed by atoms with Gasteiger partial charge in [0.05, 0.1) is 11.3 Å². The van der Waals surface area contributed by atoms with E-state index in [9.17, 15) is 14.7 Å². The Kier molecular flexibility index (Phi) is 3.56. The molecule has 108 valence electrons. The monoisotopic (exact) mass is 295 g/mol. The number of nitrogens with one attached hydrogen (secondary N) is 1. The molecule has 7 heteroatoms. The molecule has 0 bridgehead atoms. The zero-order valence-electron chi connectivity index (χ0n) is 11.9. The van der Waals surface area contributed by atoms with E-state index >= 15 is 0 Å². The van der Waals surface area contributed by atoms with E-state index in [2.05, 4.69) is 9.97 Å². The summed E-state index contributed by atoms with van der Waals surface area (Å²) in [7, 11) is 0. The van der Waals surface area contributed by atoms with E-state index in [1.807, 2.05) is 26.2 Å². The molecule has 0 fully saturated rings. The van der Waals surface area contributed by atoms with E-state index in [0.717, 1.165) is 10.3 Å². The number of hydrogen-bond donors (Lipinski definition) is 2. The minimum Gasteiger partial charge on any atom is -0.494 e. The molecule has 0 aliphatic carbocycles. The summed E-state index contributed by atoms with van der Waals surface area (Å²) >= 11 is 1.25. The molecular weight excluding hydrogens is 278 g/mol. The third-order valence-electron chi connectivity index (χ3n) is 2.98. The maximum absolute atomic E-state index is 11.9. The van der Waals surface area contributed by atoms with Crippen LogP contribution in [0.15, 0.2) is 15.0 Å². The molecule has 2 N–H and O–H groups in total. The van der Waals surface area contributed by atoms with Crippen molar-refractivity contribution in [2.45, 2.75) is 39.5 Å². The number of aromatic amines is 1. The number of nitrogens with zero attached hydrogens (tertiary/aromatic N) is 2. The lowest BCUT2D eigenvalue weighted by Gasteiger charge is -2.14. The molecular formula is C13H17N3O3S. The number of H-pyrrole nitrogens is 1. The quantitative estimate of drug-likeness (QED) is 0.880. The van der Waals surface area contributed by atoms with Crippen molar-refractivity contribution in [1.82, 2.24) is 14.5 Å². The van der Waals surface area contributed by atoms with Crippen molar-refractivity contribution in [1.29, 1.82) is 0 Å². The molecule has 0 aliphatic rings. The first-order chi connectivity index (χ1) is 9.25. The number of aromatic nitrogens is 3. The second-order valence-corrected chi connectivity index (χ2v) is 6.35. The molecule has 0 spiro atoms. The number of aromatic hydroxyl groups is 1. The lowest BCUT2D eigenvalue weighted by atomic mass is 9.93. The average Bonchev–Trinajstić information content (AvgIpc) is 2.77. The Hall–Kier alpha value is -1.89. The summed E-state index contributed by atoms with van der Waals surface area (Å²) in [5.74, 6) is -0.337. The van der Waals surface area contributed by atoms with E-state index in [-0.39, 0.29) is 16.9 Å². The van der Waals surface area contributed by atoms with Gasteiger partial charge in [0.15, 0.2) is 0 Å². The van der Waals surface area contributed by atoms with Gasteiger partial charge in [0.1, 0.15) is 0 Å². The highest BCUT2D eigenvalue weighted by Gasteiger charge is 2.21. The minimum atomic E-state index is -0.681. The first kappa shape index (κ1) is 14.5. The summed E-state index contributed by atoms with van der Waals surface area (Å²) < 4.78 is 1.04. The summed E-state index contributed by atoms with van der Waals surface area (Å²) in [5, 5.41) is 12.3. The lowest BCUT2D eigenvalue weighted by molar-refractivity contribution is 0.423. The van der Waals surface area contributed by atoms with Gasteiger partial charge in [-0.25, -0.2) is 14.3 Å². The third-order valence-corrected chi connectivity index (χ3v) is 3.81. The first-order valence-electron chi connectivity index (χ1n) is 6.29. The van der Waals surface area contributed by atoms with Gasteiger partial charge < -0.3 is 5.11 Å². The number of rotatable bonds is 2. The third kappa shape index (κ3) is 2.40. The van der Waals surface area contributed by atoms with Gasteiger partial charge in [-0.15, -0.1) is 11.3 Å². The topological polar surface area (TPSA) is 88.0 Å². The molecule has 20 heavy (non-hydrogen) atoms. The van der Waals surface area contributed by atoms with Crippen molar-refractivity contribution < 1.29 is 5.11 Å². The SMILES string of the molecule is CCc1c(O)n(-c2nc(C(C)(C)C)cs2)c(=O)[nH]c1=O. The Bertz CT molecular complexity index is 749. The van der Waals surface area contributed by atoms with Crippen molar-refractivity contribution in [2.75, 3.05) is 0 Å². The molecule has 0 atom stereocenters. The van der Waals surface area contributed by atoms with Crippen molar-refractivity contribution in [3.63, 3.8) is 0 Å². The average molecular weight is 295 g/mol. The Balaban J connectivity index is 2.68. The molecule has 0 aromatic carbocycles. The van der Waals surface area contributed by atoms with Crippen LogP contribution in [-0.2, 0) is 11.8 Å². The van der Waals surface area contributed by atoms with Gasteiger partial charge in [-0.3, -0.25) is 9.78 Å². The molecule has 0 amide bonds. The minimum absolute atomic E-state index is 0.149. The highest BCUT2D eigenvalue weighted by atomic mass is 32.1. The van der Waals surface area contributed by atoms with E-state index in [1.165, 1.54) is 11.3 Å². The number of thiazole rings is 1. The second-order valence-electron chi connectivity index (χ2n) is 5.52. The van der Waals surface area contributed by atoms with E-state index in [1.54, 1.807) is 6.92 Å². The van der Waals surface area contributed by atoms with Crippen molar-refractivity contribution >= 4 is 11.3 Å². The van der Waals surface area contributed by atoms with Gasteiger partial charge in [0.25, 0.3) is 5.56 Å². The normalized spacial score (nSPS) is 11.8. The van der Waals surface area contributed by atoms with Gasteiger partial charge in [-0.1, -0.05) is 27.7 Å². The van der Waals surface area contributed by atoms with Crippen molar-refractivity contribution in [2.24, 2.45) is 0 Å². The van der Waals surface area contributed by atoms with Crippen LogP contribution in [0, 0.1) is 0 Å². The Labute approximate surface area is 119 Å². The summed E-state index contributed by atoms with van der Waals surface area (Å²) in [6.45, 7) is 7.78. The van der Waals surface area contributed by atoms with Crippen molar-refractivity contribution in [3.8, 4) is 11.0 Å². The zero-order chi connectivity index (χ0) is 15.1. The van der Waals surface area contributed by atoms with Gasteiger partial charge >= 0.3 is 5.69 Å². The first-order valence-corrected chi connectivity index (χ1v) is 7.17. The smallest absolute Gasteiger partial charge is 0.337 e. The molecule has 0 saturated heterocycles. The fraction of sp³-hybridized carbons (Fsp3) is 0.462. The molecule has 0 radical (unpaired) electrons. The predicted molar refractivity (Wildman–Crippen MR) is 78.1 cm³/mol. The fourth-order valence-corrected chi connectivity index (χ4v) is 2.82. The van der Waals surface area contributed by atoms with Crippen LogP contribution >= 0.6 is 11.3 Å². The summed E-state index contributed by atoms with van der Waals surface area (Å²) in [5.41, 5.74) is -0.382. The summed E-state index contributed by atoms with van der Waals surface area (Å²) in [6, 6.07) is 0. The number of hydrogen-bond acceptors (Lipinski definition) is 5. The van der Waals surface area contributed by atoms with Crippen LogP contribution in [0.5, 0.6) is 5.88 Å². The van der Waals surface area contributed by atoms with E-state index in [0.29, 0.717) is 11.6 Å². The van der Waals surface area contributed by atoms with Gasteiger partial charge in [-0.05, 0) is 6.42 Å². The van der Waals surface area contributed by atoms with Gasteiger partial charge in [-0.2, -0.15) is 0 Å². The molecule has 0 unspecified atom stereocenters. The van der Waals surface area contributed by atoms with E-state index < -0.39 is 11.2 Å². The Morgan fingerprint density at radius 3 is 2.55 bits per heavy atom. The van der Waals surface area contributed by atoms with Gasteiger partial charge in [0.2, 0.25) is 11.0 Å². The molecule has 6 nitrogen and oxygen atoms in total. The highest BCUT2D eigenvalue weighted by Crippen LogP contribution is 2.27. The molecule has 2 heterocycles. The standard InChI is InChI=1S/C13H17N3O3S/c1-5-7-9(17)15-11(19)16(10(7)18)12-14-8(6-20-12)13(2,3)4/h6,18H,5H2,1-4H3,(H,15,17,19). The fourth-order valence-electron chi connectivity index (χ4n) is 1.77. The van der Waals surface area contributed by atoms with E-state index in [4.69, 9.17) is 0 Å². The summed E-state index contributed by atoms with van der Waals surface area (Å²) in [4.78, 5) is 30.1. The van der Waals surface area contributed by atoms with Gasteiger partial charge in [0, 0.05) is 10.8 Å². The Morgan fingerprint density at radius 1 is 1.40 bits per heavy atom. The lowest BCUT2D eigenvalue weighted by Crippen LogP contribution is -2.31. The second kappa shape index (κ2) is 4.90.